The van der Waals surface area contributed by atoms with Gasteiger partial charge in [0.05, 0.1) is 0 Å². The molecule has 0 heterocycles. The van der Waals surface area contributed by atoms with E-state index in [4.69, 9.17) is 0 Å². The normalized spacial score (nSPS) is 25.6. The number of hydrogen-bond acceptors (Lipinski definition) is 1. The topological polar surface area (TPSA) is 12.0 Å². The Morgan fingerprint density at radius 1 is 1.12 bits per heavy atom. The minimum absolute atomic E-state index is 0.711. The molecule has 2 atom stereocenters. The molecule has 1 N–H and O–H groups in total. The van der Waals surface area contributed by atoms with Gasteiger partial charge < -0.3 is 5.32 Å². The lowest BCUT2D eigenvalue weighted by molar-refractivity contribution is 0.470. The van der Waals surface area contributed by atoms with Crippen molar-refractivity contribution in [2.24, 2.45) is 0 Å². The zero-order valence-electron chi connectivity index (χ0n) is 11.4. The average Bonchev–Trinajstić information content (AvgIpc) is 2.54. The van der Waals surface area contributed by atoms with E-state index >= 15 is 0 Å². The predicted octanol–water partition coefficient (Wildman–Crippen LogP) is 3.94. The molecule has 17 heavy (non-hydrogen) atoms. The maximum absolute atomic E-state index is 3.47. The van der Waals surface area contributed by atoms with E-state index in [0.717, 1.165) is 5.92 Å². The number of rotatable bonds is 2. The maximum atomic E-state index is 3.47. The molecule has 2 unspecified atom stereocenters. The van der Waals surface area contributed by atoms with Crippen LogP contribution in [0.5, 0.6) is 0 Å². The van der Waals surface area contributed by atoms with E-state index in [2.05, 4.69) is 44.4 Å². The molecule has 0 saturated heterocycles. The Balaban J connectivity index is 2.19. The fraction of sp³-hybridized carbons (Fsp3) is 0.625. The Morgan fingerprint density at radius 3 is 2.59 bits per heavy atom. The summed E-state index contributed by atoms with van der Waals surface area (Å²) in [6, 6.07) is 7.66. The SMILES string of the molecule is CNC1CCCCC(c2ccc(C)cc2C)C1. The first-order valence-corrected chi connectivity index (χ1v) is 6.95. The summed E-state index contributed by atoms with van der Waals surface area (Å²) >= 11 is 0. The molecule has 0 spiro atoms. The predicted molar refractivity (Wildman–Crippen MR) is 74.6 cm³/mol. The van der Waals surface area contributed by atoms with Crippen LogP contribution in [0.4, 0.5) is 0 Å². The van der Waals surface area contributed by atoms with Crippen molar-refractivity contribution in [1.29, 1.82) is 0 Å². The van der Waals surface area contributed by atoms with Gasteiger partial charge in [0.1, 0.15) is 0 Å². The molecule has 1 aliphatic rings. The minimum Gasteiger partial charge on any atom is -0.317 e. The Morgan fingerprint density at radius 2 is 1.88 bits per heavy atom. The Hall–Kier alpha value is -0.820. The summed E-state index contributed by atoms with van der Waals surface area (Å²) in [7, 11) is 2.11. The van der Waals surface area contributed by atoms with E-state index in [0.29, 0.717) is 6.04 Å². The van der Waals surface area contributed by atoms with E-state index in [9.17, 15) is 0 Å². The van der Waals surface area contributed by atoms with Gasteiger partial charge in [-0.25, -0.2) is 0 Å². The summed E-state index contributed by atoms with van der Waals surface area (Å²) in [5.74, 6) is 0.760. The number of hydrogen-bond donors (Lipinski definition) is 1. The van der Waals surface area contributed by atoms with E-state index in [1.807, 2.05) is 0 Å². The van der Waals surface area contributed by atoms with E-state index in [1.54, 1.807) is 5.56 Å². The minimum atomic E-state index is 0.711. The lowest BCUT2D eigenvalue weighted by Gasteiger charge is -2.21. The third-order valence-corrected chi connectivity index (χ3v) is 4.20. The molecular weight excluding hydrogens is 206 g/mol. The van der Waals surface area contributed by atoms with Gasteiger partial charge >= 0.3 is 0 Å². The molecule has 0 bridgehead atoms. The standard InChI is InChI=1S/C16H25N/c1-12-8-9-16(13(2)10-12)14-6-4-5-7-15(11-14)17-3/h8-10,14-15,17H,4-7,11H2,1-3H3. The third-order valence-electron chi connectivity index (χ3n) is 4.20. The van der Waals surface area contributed by atoms with Crippen molar-refractivity contribution in [3.8, 4) is 0 Å². The van der Waals surface area contributed by atoms with Crippen LogP contribution in [0.25, 0.3) is 0 Å². The van der Waals surface area contributed by atoms with E-state index in [1.165, 1.54) is 43.2 Å². The smallest absolute Gasteiger partial charge is 0.00698 e. The maximum Gasteiger partial charge on any atom is 0.00698 e. The Labute approximate surface area is 106 Å². The summed E-state index contributed by atoms with van der Waals surface area (Å²) in [5, 5.41) is 3.47. The monoisotopic (exact) mass is 231 g/mol. The van der Waals surface area contributed by atoms with Crippen LogP contribution in [0.2, 0.25) is 0 Å². The van der Waals surface area contributed by atoms with Crippen molar-refractivity contribution in [2.45, 2.75) is 57.9 Å². The molecule has 1 fully saturated rings. The average molecular weight is 231 g/mol. The van der Waals surface area contributed by atoms with Crippen LogP contribution in [0.1, 0.15) is 54.7 Å². The molecule has 1 nitrogen and oxygen atoms in total. The van der Waals surface area contributed by atoms with Gasteiger partial charge in [0.15, 0.2) is 0 Å². The molecule has 1 aromatic carbocycles. The number of aryl methyl sites for hydroxylation is 2. The summed E-state index contributed by atoms with van der Waals surface area (Å²) in [4.78, 5) is 0. The van der Waals surface area contributed by atoms with E-state index in [-0.39, 0.29) is 0 Å². The molecule has 1 aliphatic carbocycles. The highest BCUT2D eigenvalue weighted by atomic mass is 14.9. The number of nitrogens with one attached hydrogen (secondary N) is 1. The zero-order valence-corrected chi connectivity index (χ0v) is 11.4. The van der Waals surface area contributed by atoms with Crippen LogP contribution in [-0.2, 0) is 0 Å². The second-order valence-electron chi connectivity index (χ2n) is 5.56. The quantitative estimate of drug-likeness (QED) is 0.760. The second kappa shape index (κ2) is 5.68. The molecule has 0 amide bonds. The summed E-state index contributed by atoms with van der Waals surface area (Å²) < 4.78 is 0. The molecule has 1 heteroatoms. The van der Waals surface area contributed by atoms with Crippen LogP contribution < -0.4 is 5.32 Å². The molecule has 0 aromatic heterocycles. The van der Waals surface area contributed by atoms with Crippen molar-refractivity contribution >= 4 is 0 Å². The van der Waals surface area contributed by atoms with Crippen molar-refractivity contribution in [2.75, 3.05) is 7.05 Å². The van der Waals surface area contributed by atoms with Gasteiger partial charge in [0.25, 0.3) is 0 Å². The number of benzene rings is 1. The molecule has 1 aromatic rings. The van der Waals surface area contributed by atoms with E-state index < -0.39 is 0 Å². The van der Waals surface area contributed by atoms with Gasteiger partial charge in [-0.05, 0) is 57.2 Å². The van der Waals surface area contributed by atoms with Crippen molar-refractivity contribution in [3.05, 3.63) is 34.9 Å². The highest BCUT2D eigenvalue weighted by Crippen LogP contribution is 2.33. The van der Waals surface area contributed by atoms with Crippen LogP contribution in [0.15, 0.2) is 18.2 Å². The van der Waals surface area contributed by atoms with Crippen molar-refractivity contribution < 1.29 is 0 Å². The van der Waals surface area contributed by atoms with Gasteiger partial charge in [-0.15, -0.1) is 0 Å². The van der Waals surface area contributed by atoms with Gasteiger partial charge in [0, 0.05) is 6.04 Å². The Kier molecular flexibility index (Phi) is 4.22. The summed E-state index contributed by atoms with van der Waals surface area (Å²) in [6.45, 7) is 4.45. The highest BCUT2D eigenvalue weighted by Gasteiger charge is 2.21. The lowest BCUT2D eigenvalue weighted by atomic mass is 9.87. The van der Waals surface area contributed by atoms with Crippen LogP contribution in [0.3, 0.4) is 0 Å². The third kappa shape index (κ3) is 3.10. The van der Waals surface area contributed by atoms with Gasteiger partial charge in [-0.3, -0.25) is 0 Å². The van der Waals surface area contributed by atoms with Crippen molar-refractivity contribution in [3.63, 3.8) is 0 Å². The largest absolute Gasteiger partial charge is 0.317 e. The fourth-order valence-electron chi connectivity index (χ4n) is 3.19. The molecule has 94 valence electrons. The van der Waals surface area contributed by atoms with Gasteiger partial charge in [-0.1, -0.05) is 36.6 Å². The molecule has 2 rings (SSSR count). The first-order chi connectivity index (χ1) is 8.20. The lowest BCUT2D eigenvalue weighted by Crippen LogP contribution is -2.26. The van der Waals surface area contributed by atoms with Crippen molar-refractivity contribution in [1.82, 2.24) is 5.32 Å². The second-order valence-corrected chi connectivity index (χ2v) is 5.56. The molecule has 0 aliphatic heterocycles. The fourth-order valence-corrected chi connectivity index (χ4v) is 3.19. The molecular formula is C16H25N. The molecule has 1 saturated carbocycles. The summed E-state index contributed by atoms with van der Waals surface area (Å²) in [5.41, 5.74) is 4.44. The zero-order chi connectivity index (χ0) is 12.3. The van der Waals surface area contributed by atoms with Gasteiger partial charge in [0.2, 0.25) is 0 Å². The first kappa shape index (κ1) is 12.6. The van der Waals surface area contributed by atoms with Crippen LogP contribution in [0, 0.1) is 13.8 Å². The van der Waals surface area contributed by atoms with Crippen LogP contribution >= 0.6 is 0 Å². The molecule has 0 radical (unpaired) electrons. The first-order valence-electron chi connectivity index (χ1n) is 6.95. The van der Waals surface area contributed by atoms with Gasteiger partial charge in [-0.2, -0.15) is 0 Å². The van der Waals surface area contributed by atoms with Crippen LogP contribution in [-0.4, -0.2) is 13.1 Å². The highest BCUT2D eigenvalue weighted by molar-refractivity contribution is 5.33. The Bertz CT molecular complexity index is 370. The summed E-state index contributed by atoms with van der Waals surface area (Å²) in [6.07, 6.45) is 6.78.